The average Bonchev–Trinajstić information content (AvgIpc) is 2.78. The normalized spacial score (nSPS) is 18.6. The van der Waals surface area contributed by atoms with E-state index in [4.69, 9.17) is 16.3 Å². The maximum atomic E-state index is 6.29. The van der Waals surface area contributed by atoms with Crippen molar-refractivity contribution < 1.29 is 4.74 Å². The van der Waals surface area contributed by atoms with Crippen molar-refractivity contribution >= 4 is 38.7 Å². The van der Waals surface area contributed by atoms with Gasteiger partial charge in [-0.2, -0.15) is 0 Å². The molecule has 0 aromatic carbocycles. The Bertz CT molecular complexity index is 608. The molecule has 2 aromatic heterocycles. The topological polar surface area (TPSA) is 39.9 Å². The lowest BCUT2D eigenvalue weighted by Gasteiger charge is -2.23. The lowest BCUT2D eigenvalue weighted by Crippen LogP contribution is -2.21. The standard InChI is InChI=1S/C14H17BrClN3O/c1-9(16)13-18-12-6-11(15)7-17-14(12)19(13)8-10-2-4-20-5-3-10/h6-7,9-10H,2-5,8H2,1H3. The third-order valence-corrected chi connectivity index (χ3v) is 4.35. The highest BCUT2D eigenvalue weighted by Gasteiger charge is 2.21. The van der Waals surface area contributed by atoms with E-state index in [-0.39, 0.29) is 5.38 Å². The Morgan fingerprint density at radius 2 is 2.25 bits per heavy atom. The van der Waals surface area contributed by atoms with Gasteiger partial charge in [-0.15, -0.1) is 11.6 Å². The van der Waals surface area contributed by atoms with Crippen LogP contribution in [-0.2, 0) is 11.3 Å². The Labute approximate surface area is 131 Å². The Kier molecular flexibility index (Phi) is 4.29. The maximum Gasteiger partial charge on any atom is 0.160 e. The molecule has 0 radical (unpaired) electrons. The van der Waals surface area contributed by atoms with Crippen molar-refractivity contribution in [2.75, 3.05) is 13.2 Å². The van der Waals surface area contributed by atoms with Crippen LogP contribution in [0.5, 0.6) is 0 Å². The van der Waals surface area contributed by atoms with Crippen LogP contribution in [0, 0.1) is 5.92 Å². The van der Waals surface area contributed by atoms with Crippen molar-refractivity contribution in [3.8, 4) is 0 Å². The molecule has 4 nitrogen and oxygen atoms in total. The summed E-state index contributed by atoms with van der Waals surface area (Å²) in [6, 6.07) is 1.99. The number of imidazole rings is 1. The predicted octanol–water partition coefficient (Wildman–Crippen LogP) is 3.92. The predicted molar refractivity (Wildman–Crippen MR) is 83.0 cm³/mol. The first-order valence-electron chi connectivity index (χ1n) is 6.88. The molecule has 1 aliphatic heterocycles. The molecule has 0 saturated carbocycles. The molecule has 6 heteroatoms. The number of fused-ring (bicyclic) bond motifs is 1. The molecule has 0 aliphatic carbocycles. The van der Waals surface area contributed by atoms with Gasteiger partial charge in [0, 0.05) is 30.4 Å². The number of nitrogens with zero attached hydrogens (tertiary/aromatic N) is 3. The summed E-state index contributed by atoms with van der Waals surface area (Å²) in [7, 11) is 0. The third-order valence-electron chi connectivity index (χ3n) is 3.72. The van der Waals surface area contributed by atoms with E-state index in [1.807, 2.05) is 19.2 Å². The first kappa shape index (κ1) is 14.3. The minimum atomic E-state index is -0.122. The Hall–Kier alpha value is -0.650. The zero-order valence-electron chi connectivity index (χ0n) is 11.4. The third kappa shape index (κ3) is 2.85. The van der Waals surface area contributed by atoms with E-state index in [0.29, 0.717) is 5.92 Å². The fourth-order valence-corrected chi connectivity index (χ4v) is 3.16. The van der Waals surface area contributed by atoms with Gasteiger partial charge >= 0.3 is 0 Å². The van der Waals surface area contributed by atoms with Crippen LogP contribution in [0.2, 0.25) is 0 Å². The lowest BCUT2D eigenvalue weighted by atomic mass is 10.0. The minimum Gasteiger partial charge on any atom is -0.381 e. The van der Waals surface area contributed by atoms with Crippen LogP contribution < -0.4 is 0 Å². The molecule has 0 amide bonds. The van der Waals surface area contributed by atoms with Crippen molar-refractivity contribution in [1.82, 2.24) is 14.5 Å². The van der Waals surface area contributed by atoms with Crippen LogP contribution in [0.4, 0.5) is 0 Å². The van der Waals surface area contributed by atoms with Gasteiger partial charge in [-0.25, -0.2) is 9.97 Å². The summed E-state index contributed by atoms with van der Waals surface area (Å²) in [5.74, 6) is 1.51. The lowest BCUT2D eigenvalue weighted by molar-refractivity contribution is 0.0613. The average molecular weight is 359 g/mol. The second-order valence-electron chi connectivity index (χ2n) is 5.25. The molecule has 1 atom stereocenters. The van der Waals surface area contributed by atoms with Gasteiger partial charge in [0.05, 0.1) is 5.38 Å². The molecule has 20 heavy (non-hydrogen) atoms. The Morgan fingerprint density at radius 3 is 2.95 bits per heavy atom. The monoisotopic (exact) mass is 357 g/mol. The quantitative estimate of drug-likeness (QED) is 0.781. The summed E-state index contributed by atoms with van der Waals surface area (Å²) in [6.07, 6.45) is 3.99. The first-order chi connectivity index (χ1) is 9.65. The molecule has 0 N–H and O–H groups in total. The SMILES string of the molecule is CC(Cl)c1nc2cc(Br)cnc2n1CC1CCOCC1. The molecule has 1 fully saturated rings. The molecule has 2 aromatic rings. The van der Waals surface area contributed by atoms with Crippen LogP contribution in [0.1, 0.15) is 31.0 Å². The molecule has 0 spiro atoms. The van der Waals surface area contributed by atoms with E-state index in [1.165, 1.54) is 0 Å². The van der Waals surface area contributed by atoms with E-state index < -0.39 is 0 Å². The highest BCUT2D eigenvalue weighted by molar-refractivity contribution is 9.10. The van der Waals surface area contributed by atoms with Crippen molar-refractivity contribution in [2.45, 2.75) is 31.7 Å². The summed E-state index contributed by atoms with van der Waals surface area (Å²) >= 11 is 9.73. The molecular weight excluding hydrogens is 342 g/mol. The second-order valence-corrected chi connectivity index (χ2v) is 6.82. The number of ether oxygens (including phenoxy) is 1. The zero-order chi connectivity index (χ0) is 14.1. The minimum absolute atomic E-state index is 0.122. The van der Waals surface area contributed by atoms with Gasteiger partial charge in [0.2, 0.25) is 0 Å². The second kappa shape index (κ2) is 6.00. The largest absolute Gasteiger partial charge is 0.381 e. The number of hydrogen-bond donors (Lipinski definition) is 0. The van der Waals surface area contributed by atoms with Gasteiger partial charge in [0.15, 0.2) is 5.65 Å². The number of halogens is 2. The van der Waals surface area contributed by atoms with Gasteiger partial charge in [0.1, 0.15) is 11.3 Å². The van der Waals surface area contributed by atoms with Gasteiger partial charge in [-0.1, -0.05) is 0 Å². The van der Waals surface area contributed by atoms with E-state index >= 15 is 0 Å². The van der Waals surface area contributed by atoms with E-state index in [0.717, 1.165) is 54.1 Å². The molecule has 0 bridgehead atoms. The molecule has 1 unspecified atom stereocenters. The van der Waals surface area contributed by atoms with E-state index in [2.05, 4.69) is 30.5 Å². The molecule has 108 valence electrons. The summed E-state index contributed by atoms with van der Waals surface area (Å²) in [5.41, 5.74) is 1.82. The maximum absolute atomic E-state index is 6.29. The first-order valence-corrected chi connectivity index (χ1v) is 8.11. The molecule has 3 heterocycles. The van der Waals surface area contributed by atoms with Crippen LogP contribution in [-0.4, -0.2) is 27.7 Å². The van der Waals surface area contributed by atoms with Gasteiger partial charge < -0.3 is 9.30 Å². The van der Waals surface area contributed by atoms with E-state index in [9.17, 15) is 0 Å². The van der Waals surface area contributed by atoms with Crippen LogP contribution in [0.3, 0.4) is 0 Å². The summed E-state index contributed by atoms with van der Waals surface area (Å²) in [6.45, 7) is 4.57. The Morgan fingerprint density at radius 1 is 1.50 bits per heavy atom. The van der Waals surface area contributed by atoms with Crippen LogP contribution in [0.25, 0.3) is 11.2 Å². The fourth-order valence-electron chi connectivity index (χ4n) is 2.67. The molecule has 1 aliphatic rings. The molecular formula is C14H17BrClN3O. The number of hydrogen-bond acceptors (Lipinski definition) is 3. The fraction of sp³-hybridized carbons (Fsp3) is 0.571. The van der Waals surface area contributed by atoms with Gasteiger partial charge in [-0.3, -0.25) is 0 Å². The van der Waals surface area contributed by atoms with Crippen LogP contribution >= 0.6 is 27.5 Å². The number of rotatable bonds is 3. The summed E-state index contributed by atoms with van der Waals surface area (Å²) in [4.78, 5) is 9.16. The van der Waals surface area contributed by atoms with Crippen molar-refractivity contribution in [3.05, 3.63) is 22.6 Å². The van der Waals surface area contributed by atoms with Gasteiger partial charge in [-0.05, 0) is 47.7 Å². The highest BCUT2D eigenvalue weighted by atomic mass is 79.9. The van der Waals surface area contributed by atoms with Crippen molar-refractivity contribution in [1.29, 1.82) is 0 Å². The van der Waals surface area contributed by atoms with Gasteiger partial charge in [0.25, 0.3) is 0 Å². The van der Waals surface area contributed by atoms with Crippen molar-refractivity contribution in [2.24, 2.45) is 5.92 Å². The zero-order valence-corrected chi connectivity index (χ0v) is 13.7. The number of pyridine rings is 1. The number of aromatic nitrogens is 3. The summed E-state index contributed by atoms with van der Waals surface area (Å²) in [5, 5.41) is -0.122. The number of alkyl halides is 1. The van der Waals surface area contributed by atoms with Crippen molar-refractivity contribution in [3.63, 3.8) is 0 Å². The van der Waals surface area contributed by atoms with Crippen LogP contribution in [0.15, 0.2) is 16.7 Å². The smallest absolute Gasteiger partial charge is 0.160 e. The van der Waals surface area contributed by atoms with E-state index in [1.54, 1.807) is 0 Å². The molecule has 3 rings (SSSR count). The highest BCUT2D eigenvalue weighted by Crippen LogP contribution is 2.27. The Balaban J connectivity index is 1.99. The summed E-state index contributed by atoms with van der Waals surface area (Å²) < 4.78 is 8.54. The molecule has 1 saturated heterocycles.